The molecule has 274 valence electrons. The Morgan fingerprint density at radius 2 is 1.04 bits per heavy atom. The van der Waals surface area contributed by atoms with Crippen molar-refractivity contribution in [1.82, 2.24) is 0 Å². The number of alkyl halides is 6. The molecule has 2 nitrogen and oxygen atoms in total. The molecule has 0 saturated heterocycles. The van der Waals surface area contributed by atoms with E-state index < -0.39 is 81.7 Å². The van der Waals surface area contributed by atoms with Crippen LogP contribution >= 0.6 is 0 Å². The number of rotatable bonds is 13. The van der Waals surface area contributed by atoms with Gasteiger partial charge in [0.15, 0.2) is 17.4 Å². The summed E-state index contributed by atoms with van der Waals surface area (Å²) in [5.41, 5.74) is -0.560. The van der Waals surface area contributed by atoms with Crippen molar-refractivity contribution in [3.05, 3.63) is 131 Å². The second-order valence-corrected chi connectivity index (χ2v) is 11.7. The fourth-order valence-corrected chi connectivity index (χ4v) is 5.37. The number of unbranched alkanes of at least 4 members (excludes halogenated alkanes) is 2. The highest BCUT2D eigenvalue weighted by Crippen LogP contribution is 2.40. The highest BCUT2D eigenvalue weighted by atomic mass is 19.3. The third-order valence-electron chi connectivity index (χ3n) is 7.96. The molecule has 0 spiro atoms. The van der Waals surface area contributed by atoms with Crippen molar-refractivity contribution in [2.45, 2.75) is 51.2 Å². The number of hydrogen-bond donors (Lipinski definition) is 0. The molecule has 0 heterocycles. The Morgan fingerprint density at radius 3 is 1.58 bits per heavy atom. The predicted molar refractivity (Wildman–Crippen MR) is 168 cm³/mol. The van der Waals surface area contributed by atoms with Crippen LogP contribution in [-0.4, -0.2) is 12.5 Å². The van der Waals surface area contributed by atoms with Gasteiger partial charge in [-0.15, -0.1) is 0 Å². The fraction of sp³-hybridized carbons (Fsp3) is 0.211. The fourth-order valence-electron chi connectivity index (χ4n) is 5.37. The van der Waals surface area contributed by atoms with Crippen LogP contribution in [0.5, 0.6) is 11.5 Å². The monoisotopic (exact) mass is 742 g/mol. The Morgan fingerprint density at radius 1 is 0.538 bits per heavy atom. The van der Waals surface area contributed by atoms with Gasteiger partial charge in [-0.05, 0) is 64.9 Å². The lowest BCUT2D eigenvalue weighted by Crippen LogP contribution is -2.34. The van der Waals surface area contributed by atoms with E-state index >= 15 is 8.78 Å². The lowest BCUT2D eigenvalue weighted by molar-refractivity contribution is -0.255. The highest BCUT2D eigenvalue weighted by Gasteiger charge is 2.46. The van der Waals surface area contributed by atoms with E-state index in [9.17, 15) is 43.9 Å². The first-order chi connectivity index (χ1) is 24.5. The molecule has 52 heavy (non-hydrogen) atoms. The van der Waals surface area contributed by atoms with E-state index in [4.69, 9.17) is 0 Å². The molecule has 0 aliphatic rings. The number of halogens is 12. The Balaban J connectivity index is 1.35. The summed E-state index contributed by atoms with van der Waals surface area (Å²) in [4.78, 5) is 0. The third-order valence-corrected chi connectivity index (χ3v) is 7.96. The van der Waals surface area contributed by atoms with E-state index in [-0.39, 0.29) is 23.3 Å². The number of hydrogen-bond acceptors (Lipinski definition) is 2. The van der Waals surface area contributed by atoms with Crippen molar-refractivity contribution in [2.75, 3.05) is 0 Å². The molecule has 0 amide bonds. The summed E-state index contributed by atoms with van der Waals surface area (Å²) in [5, 5.41) is 0. The molecule has 0 fully saturated rings. The molecule has 5 aromatic rings. The van der Waals surface area contributed by atoms with Gasteiger partial charge in [-0.2, -0.15) is 26.3 Å². The van der Waals surface area contributed by atoms with Crippen LogP contribution in [0.2, 0.25) is 0 Å². The maximum Gasteiger partial charge on any atom is 0.461 e. The summed E-state index contributed by atoms with van der Waals surface area (Å²) < 4.78 is 177. The molecule has 0 saturated carbocycles. The van der Waals surface area contributed by atoms with Crippen LogP contribution in [0.15, 0.2) is 84.9 Å². The Kier molecular flexibility index (Phi) is 11.2. The van der Waals surface area contributed by atoms with Gasteiger partial charge in [-0.25, -0.2) is 26.3 Å². The van der Waals surface area contributed by atoms with Crippen molar-refractivity contribution in [1.29, 1.82) is 0 Å². The molecule has 5 rings (SSSR count). The van der Waals surface area contributed by atoms with Crippen LogP contribution in [0.4, 0.5) is 52.7 Å². The van der Waals surface area contributed by atoms with Gasteiger partial charge in [0.2, 0.25) is 0 Å². The molecule has 0 radical (unpaired) electrons. The molecule has 0 atom stereocenters. The van der Waals surface area contributed by atoms with Gasteiger partial charge < -0.3 is 9.47 Å². The molecule has 0 aliphatic heterocycles. The van der Waals surface area contributed by atoms with Gasteiger partial charge in [0, 0.05) is 23.3 Å². The Hall–Kier alpha value is -5.14. The minimum absolute atomic E-state index is 0.00471. The number of aryl methyl sites for hydroxylation is 1. The van der Waals surface area contributed by atoms with Gasteiger partial charge in [0.1, 0.15) is 34.6 Å². The van der Waals surface area contributed by atoms with Crippen LogP contribution in [0, 0.1) is 34.9 Å². The zero-order chi connectivity index (χ0) is 38.0. The molecule has 0 unspecified atom stereocenters. The first-order valence-electron chi connectivity index (χ1n) is 15.6. The number of ether oxygens (including phenoxy) is 2. The molecule has 0 N–H and O–H groups in total. The first-order valence-corrected chi connectivity index (χ1v) is 15.6. The van der Waals surface area contributed by atoms with Crippen molar-refractivity contribution in [3.63, 3.8) is 0 Å². The van der Waals surface area contributed by atoms with Gasteiger partial charge in [-0.1, -0.05) is 68.3 Å². The second kappa shape index (κ2) is 15.2. The normalized spacial score (nSPS) is 12.0. The minimum atomic E-state index is -5.36. The predicted octanol–water partition coefficient (Wildman–Crippen LogP) is 12.6. The van der Waals surface area contributed by atoms with E-state index in [1.165, 1.54) is 18.2 Å². The summed E-state index contributed by atoms with van der Waals surface area (Å²) >= 11 is 0. The standard InChI is InChI=1S/C38H26F12O2/c1-2-3-4-5-20-6-8-21(9-7-20)22-10-12-26(28(39)14-22)23-11-13-27(29(40)15-23)24-16-30(41)34(31(42)17-24)37(47,48)51-25-18-32(43)35(33(44)19-25)52-38(49,50)36(45)46/h6-19,36H,2-5H2,1H3. The summed E-state index contributed by atoms with van der Waals surface area (Å²) in [6.07, 6.45) is -10.7. The summed E-state index contributed by atoms with van der Waals surface area (Å²) in [6.45, 7) is 2.11. The summed E-state index contributed by atoms with van der Waals surface area (Å²) in [6, 6.07) is 15.5. The van der Waals surface area contributed by atoms with Crippen LogP contribution in [0.1, 0.15) is 37.3 Å². The van der Waals surface area contributed by atoms with Crippen molar-refractivity contribution in [2.24, 2.45) is 0 Å². The van der Waals surface area contributed by atoms with Crippen molar-refractivity contribution in [3.8, 4) is 44.9 Å². The lowest BCUT2D eigenvalue weighted by atomic mass is 9.96. The zero-order valence-electron chi connectivity index (χ0n) is 26.8. The summed E-state index contributed by atoms with van der Waals surface area (Å²) in [7, 11) is 0. The van der Waals surface area contributed by atoms with Gasteiger partial charge in [0.25, 0.3) is 0 Å². The topological polar surface area (TPSA) is 18.5 Å². The zero-order valence-corrected chi connectivity index (χ0v) is 26.8. The number of benzene rings is 5. The average Bonchev–Trinajstić information content (AvgIpc) is 3.06. The molecular weight excluding hydrogens is 716 g/mol. The minimum Gasteiger partial charge on any atom is -0.429 e. The maximum absolute atomic E-state index is 15.3. The van der Waals surface area contributed by atoms with Crippen molar-refractivity contribution >= 4 is 0 Å². The average molecular weight is 743 g/mol. The largest absolute Gasteiger partial charge is 0.461 e. The molecule has 0 aliphatic carbocycles. The van der Waals surface area contributed by atoms with Gasteiger partial charge in [0.05, 0.1) is 0 Å². The smallest absolute Gasteiger partial charge is 0.429 e. The van der Waals surface area contributed by atoms with E-state index in [1.54, 1.807) is 6.07 Å². The van der Waals surface area contributed by atoms with Crippen LogP contribution in [-0.2, 0) is 12.5 Å². The van der Waals surface area contributed by atoms with Gasteiger partial charge in [-0.3, -0.25) is 0 Å². The Labute approximate surface area is 289 Å². The van der Waals surface area contributed by atoms with Crippen molar-refractivity contribution < 1.29 is 62.2 Å². The van der Waals surface area contributed by atoms with E-state index in [2.05, 4.69) is 16.4 Å². The van der Waals surface area contributed by atoms with E-state index in [0.717, 1.165) is 48.9 Å². The third kappa shape index (κ3) is 8.32. The quantitative estimate of drug-likeness (QED) is 0.0883. The molecule has 5 aromatic carbocycles. The maximum atomic E-state index is 15.3. The second-order valence-electron chi connectivity index (χ2n) is 11.7. The van der Waals surface area contributed by atoms with Crippen LogP contribution < -0.4 is 9.47 Å². The summed E-state index contributed by atoms with van der Waals surface area (Å²) in [5.74, 6) is -13.7. The highest BCUT2D eigenvalue weighted by molar-refractivity contribution is 5.74. The SMILES string of the molecule is CCCCCc1ccc(-c2ccc(-c3ccc(-c4cc(F)c(C(F)(F)Oc5cc(F)c(OC(F)(F)C(F)F)c(F)c5)c(F)c4)c(F)c3)c(F)c2)cc1. The molecule has 0 bridgehead atoms. The molecule has 14 heteroatoms. The molecular formula is C38H26F12O2. The van der Waals surface area contributed by atoms with E-state index in [0.29, 0.717) is 17.7 Å². The van der Waals surface area contributed by atoms with Crippen LogP contribution in [0.25, 0.3) is 33.4 Å². The first kappa shape index (κ1) is 38.1. The Bertz CT molecular complexity index is 2020. The van der Waals surface area contributed by atoms with E-state index in [1.807, 2.05) is 24.3 Å². The molecule has 0 aromatic heterocycles. The lowest BCUT2D eigenvalue weighted by Gasteiger charge is -2.21. The van der Waals surface area contributed by atoms with Crippen LogP contribution in [0.3, 0.4) is 0 Å². The van der Waals surface area contributed by atoms with Gasteiger partial charge >= 0.3 is 18.6 Å².